The van der Waals surface area contributed by atoms with Crippen molar-refractivity contribution in [3.05, 3.63) is 34.3 Å². The van der Waals surface area contributed by atoms with Gasteiger partial charge < -0.3 is 5.32 Å². The molecule has 1 N–H and O–H groups in total. The van der Waals surface area contributed by atoms with Crippen molar-refractivity contribution in [2.75, 3.05) is 0 Å². The van der Waals surface area contributed by atoms with Crippen LogP contribution in [0.25, 0.3) is 0 Å². The van der Waals surface area contributed by atoms with E-state index in [0.29, 0.717) is 10.8 Å². The van der Waals surface area contributed by atoms with Crippen LogP contribution in [-0.2, 0) is 5.54 Å². The Labute approximate surface area is 150 Å². The normalized spacial score (nSPS) is 20.6. The average molecular weight is 355 g/mol. The first-order chi connectivity index (χ1) is 12.2. The van der Waals surface area contributed by atoms with E-state index in [1.165, 1.54) is 30.6 Å². The molecule has 0 spiro atoms. The van der Waals surface area contributed by atoms with E-state index in [4.69, 9.17) is 0 Å². The van der Waals surface area contributed by atoms with Gasteiger partial charge in [-0.05, 0) is 43.0 Å². The van der Waals surface area contributed by atoms with Crippen LogP contribution in [0, 0.1) is 17.2 Å². The van der Waals surface area contributed by atoms with Crippen LogP contribution in [0.2, 0.25) is 0 Å². The van der Waals surface area contributed by atoms with Crippen LogP contribution in [0.3, 0.4) is 0 Å². The number of hydrogen-bond donors (Lipinski definition) is 1. The number of nitriles is 1. The molecule has 130 valence electrons. The van der Waals surface area contributed by atoms with Gasteiger partial charge in [0, 0.05) is 0 Å². The molecule has 2 fully saturated rings. The van der Waals surface area contributed by atoms with E-state index in [-0.39, 0.29) is 11.9 Å². The smallest absolute Gasteiger partial charge is 0.261 e. The zero-order chi connectivity index (χ0) is 17.3. The van der Waals surface area contributed by atoms with E-state index in [0.717, 1.165) is 31.4 Å². The lowest BCUT2D eigenvalue weighted by Crippen LogP contribution is -2.34. The largest absolute Gasteiger partial charge is 0.343 e. The molecular formula is C18H21N5OS. The monoisotopic (exact) mass is 355 g/mol. The highest BCUT2D eigenvalue weighted by Gasteiger charge is 2.47. The molecule has 2 aliphatic rings. The molecule has 2 aromatic rings. The van der Waals surface area contributed by atoms with Gasteiger partial charge in [-0.2, -0.15) is 5.26 Å². The number of carbonyl (C=O) groups is 1. The van der Waals surface area contributed by atoms with E-state index in [1.807, 2.05) is 23.7 Å². The highest BCUT2D eigenvalue weighted by Crippen LogP contribution is 2.43. The summed E-state index contributed by atoms with van der Waals surface area (Å²) in [5.41, 5.74) is 0.262. The fourth-order valence-electron chi connectivity index (χ4n) is 3.66. The summed E-state index contributed by atoms with van der Waals surface area (Å²) in [7, 11) is 0. The Morgan fingerprint density at radius 2 is 2.20 bits per heavy atom. The van der Waals surface area contributed by atoms with E-state index < -0.39 is 5.54 Å². The number of nitrogens with zero attached hydrogens (tertiary/aromatic N) is 4. The molecule has 2 heterocycles. The van der Waals surface area contributed by atoms with Crippen LogP contribution >= 0.6 is 11.3 Å². The van der Waals surface area contributed by atoms with E-state index in [1.54, 1.807) is 4.68 Å². The summed E-state index contributed by atoms with van der Waals surface area (Å²) < 4.78 is 1.69. The van der Waals surface area contributed by atoms with Crippen molar-refractivity contribution in [2.24, 2.45) is 5.92 Å². The molecule has 6 nitrogen and oxygen atoms in total. The number of amides is 1. The molecule has 1 atom stereocenters. The SMILES string of the molecule is N#CC1(n2cc([C@H](NC(=O)c3cccs3)C3CCCCC3)nn2)CC1. The van der Waals surface area contributed by atoms with Gasteiger partial charge in [-0.25, -0.2) is 4.68 Å². The molecular weight excluding hydrogens is 334 g/mol. The second-order valence-electron chi connectivity index (χ2n) is 7.06. The van der Waals surface area contributed by atoms with Gasteiger partial charge in [0.05, 0.1) is 23.2 Å². The number of rotatable bonds is 5. The van der Waals surface area contributed by atoms with Crippen LogP contribution in [0.4, 0.5) is 0 Å². The summed E-state index contributed by atoms with van der Waals surface area (Å²) in [6.45, 7) is 0. The van der Waals surface area contributed by atoms with Crippen LogP contribution in [-0.4, -0.2) is 20.9 Å². The molecule has 0 aromatic carbocycles. The molecule has 2 aliphatic carbocycles. The topological polar surface area (TPSA) is 83.6 Å². The first-order valence-electron chi connectivity index (χ1n) is 8.90. The molecule has 0 aliphatic heterocycles. The summed E-state index contributed by atoms with van der Waals surface area (Å²) >= 11 is 1.44. The third-order valence-electron chi connectivity index (χ3n) is 5.35. The maximum atomic E-state index is 12.6. The maximum Gasteiger partial charge on any atom is 0.261 e. The summed E-state index contributed by atoms with van der Waals surface area (Å²) in [6.07, 6.45) is 9.32. The van der Waals surface area contributed by atoms with Crippen LogP contribution in [0.15, 0.2) is 23.7 Å². The van der Waals surface area contributed by atoms with Crippen molar-refractivity contribution >= 4 is 17.2 Å². The molecule has 0 saturated heterocycles. The van der Waals surface area contributed by atoms with E-state index >= 15 is 0 Å². The molecule has 0 bridgehead atoms. The van der Waals surface area contributed by atoms with Gasteiger partial charge in [-0.15, -0.1) is 16.4 Å². The number of aromatic nitrogens is 3. The minimum absolute atomic E-state index is 0.0541. The Morgan fingerprint density at radius 3 is 2.84 bits per heavy atom. The zero-order valence-corrected chi connectivity index (χ0v) is 14.8. The Hall–Kier alpha value is -2.20. The summed E-state index contributed by atoms with van der Waals surface area (Å²) in [4.78, 5) is 13.3. The Morgan fingerprint density at radius 1 is 1.40 bits per heavy atom. The number of carbonyl (C=O) groups excluding carboxylic acids is 1. The van der Waals surface area contributed by atoms with Gasteiger partial charge >= 0.3 is 0 Å². The molecule has 25 heavy (non-hydrogen) atoms. The van der Waals surface area contributed by atoms with Gasteiger partial charge in [0.15, 0.2) is 5.54 Å². The fraction of sp³-hybridized carbons (Fsp3) is 0.556. The van der Waals surface area contributed by atoms with Gasteiger partial charge in [0.1, 0.15) is 5.69 Å². The Balaban J connectivity index is 1.59. The first kappa shape index (κ1) is 16.3. The van der Waals surface area contributed by atoms with Crippen LogP contribution < -0.4 is 5.32 Å². The molecule has 0 unspecified atom stereocenters. The van der Waals surface area contributed by atoms with Gasteiger partial charge in [-0.3, -0.25) is 4.79 Å². The first-order valence-corrected chi connectivity index (χ1v) is 9.78. The van der Waals surface area contributed by atoms with Crippen LogP contribution in [0.5, 0.6) is 0 Å². The molecule has 7 heteroatoms. The third-order valence-corrected chi connectivity index (χ3v) is 6.22. The highest BCUT2D eigenvalue weighted by molar-refractivity contribution is 7.12. The quantitative estimate of drug-likeness (QED) is 0.891. The predicted octanol–water partition coefficient (Wildman–Crippen LogP) is 3.40. The van der Waals surface area contributed by atoms with Crippen molar-refractivity contribution in [3.63, 3.8) is 0 Å². The van der Waals surface area contributed by atoms with Crippen molar-refractivity contribution < 1.29 is 4.79 Å². The van der Waals surface area contributed by atoms with E-state index in [9.17, 15) is 10.1 Å². The van der Waals surface area contributed by atoms with Crippen LogP contribution in [0.1, 0.15) is 66.4 Å². The van der Waals surface area contributed by atoms with E-state index in [2.05, 4.69) is 21.7 Å². The molecule has 0 radical (unpaired) electrons. The number of thiophene rings is 1. The summed E-state index contributed by atoms with van der Waals surface area (Å²) in [5, 5.41) is 23.0. The lowest BCUT2D eigenvalue weighted by atomic mass is 9.82. The standard InChI is InChI=1S/C18H21N5OS/c19-12-18(8-9-18)23-11-14(21-22-23)16(13-5-2-1-3-6-13)20-17(24)15-7-4-10-25-15/h4,7,10-11,13,16H,1-3,5-6,8-9H2,(H,20,24)/t16-/m1/s1. The summed E-state index contributed by atoms with van der Waals surface area (Å²) in [6, 6.07) is 5.92. The minimum atomic E-state index is -0.514. The molecule has 2 aromatic heterocycles. The second kappa shape index (κ2) is 6.60. The number of hydrogen-bond acceptors (Lipinski definition) is 5. The second-order valence-corrected chi connectivity index (χ2v) is 8.01. The van der Waals surface area contributed by atoms with Gasteiger partial charge in [-0.1, -0.05) is 30.5 Å². The number of nitrogens with one attached hydrogen (secondary N) is 1. The minimum Gasteiger partial charge on any atom is -0.343 e. The average Bonchev–Trinajstić information content (AvgIpc) is 3.05. The predicted molar refractivity (Wildman–Crippen MR) is 93.9 cm³/mol. The zero-order valence-electron chi connectivity index (χ0n) is 14.0. The lowest BCUT2D eigenvalue weighted by molar-refractivity contribution is 0.0915. The molecule has 4 rings (SSSR count). The van der Waals surface area contributed by atoms with Gasteiger partial charge in [0.2, 0.25) is 0 Å². The molecule has 1 amide bonds. The van der Waals surface area contributed by atoms with Crippen molar-refractivity contribution in [1.82, 2.24) is 20.3 Å². The highest BCUT2D eigenvalue weighted by atomic mass is 32.1. The summed E-state index contributed by atoms with van der Waals surface area (Å²) in [5.74, 6) is 0.321. The maximum absolute atomic E-state index is 12.6. The molecule has 2 saturated carbocycles. The Kier molecular flexibility index (Phi) is 4.30. The lowest BCUT2D eigenvalue weighted by Gasteiger charge is -2.29. The third kappa shape index (κ3) is 3.19. The Bertz CT molecular complexity index is 781. The van der Waals surface area contributed by atoms with Gasteiger partial charge in [0.25, 0.3) is 5.91 Å². The van der Waals surface area contributed by atoms with Crippen molar-refractivity contribution in [2.45, 2.75) is 56.5 Å². The van der Waals surface area contributed by atoms with Crippen molar-refractivity contribution in [1.29, 1.82) is 5.26 Å². The van der Waals surface area contributed by atoms with Crippen molar-refractivity contribution in [3.8, 4) is 6.07 Å². The fourth-order valence-corrected chi connectivity index (χ4v) is 4.29.